The van der Waals surface area contributed by atoms with Crippen LogP contribution in [-0.2, 0) is 6.54 Å². The lowest BCUT2D eigenvalue weighted by molar-refractivity contribution is 0.0696. The lowest BCUT2D eigenvalue weighted by Crippen LogP contribution is -2.46. The summed E-state index contributed by atoms with van der Waals surface area (Å²) in [6.07, 6.45) is 0. The number of rotatable bonds is 5. The fraction of sp³-hybridized carbons (Fsp3) is 0.300. The van der Waals surface area contributed by atoms with E-state index in [2.05, 4.69) is 15.9 Å². The van der Waals surface area contributed by atoms with Crippen LogP contribution in [-0.4, -0.2) is 47.1 Å². The number of nitrogens with zero attached hydrogens (tertiary/aromatic N) is 3. The van der Waals surface area contributed by atoms with Crippen LogP contribution in [0.4, 0.5) is 0 Å². The van der Waals surface area contributed by atoms with Gasteiger partial charge in [0.2, 0.25) is 0 Å². The third-order valence-corrected chi connectivity index (χ3v) is 4.59. The minimum atomic E-state index is -0.897. The Morgan fingerprint density at radius 1 is 1.08 bits per heavy atom. The molecule has 0 spiro atoms. The van der Waals surface area contributed by atoms with E-state index in [1.54, 1.807) is 18.2 Å². The largest absolute Gasteiger partial charge is 0.478 e. The van der Waals surface area contributed by atoms with Gasteiger partial charge in [-0.2, -0.15) is 5.26 Å². The molecule has 25 heavy (non-hydrogen) atoms. The van der Waals surface area contributed by atoms with E-state index in [4.69, 9.17) is 5.11 Å². The lowest BCUT2D eigenvalue weighted by atomic mass is 10.1. The fourth-order valence-corrected chi connectivity index (χ4v) is 3.24. The molecule has 1 saturated heterocycles. The van der Waals surface area contributed by atoms with Crippen molar-refractivity contribution in [2.24, 2.45) is 0 Å². The second-order valence-corrected chi connectivity index (χ2v) is 6.26. The van der Waals surface area contributed by atoms with Gasteiger partial charge in [0.15, 0.2) is 0 Å². The first-order chi connectivity index (χ1) is 12.2. The molecule has 2 aromatic carbocycles. The molecule has 0 amide bonds. The molecule has 0 aliphatic carbocycles. The van der Waals surface area contributed by atoms with Gasteiger partial charge >= 0.3 is 5.97 Å². The van der Waals surface area contributed by atoms with E-state index >= 15 is 0 Å². The number of hydrogen-bond donors (Lipinski definition) is 1. The number of carboxylic acids is 1. The Balaban J connectivity index is 1.59. The second kappa shape index (κ2) is 7.93. The van der Waals surface area contributed by atoms with Crippen LogP contribution in [0.5, 0.6) is 0 Å². The molecule has 1 heterocycles. The molecule has 1 aliphatic heterocycles. The van der Waals surface area contributed by atoms with Crippen molar-refractivity contribution in [3.63, 3.8) is 0 Å². The summed E-state index contributed by atoms with van der Waals surface area (Å²) >= 11 is 0. The predicted molar refractivity (Wildman–Crippen MR) is 95.0 cm³/mol. The topological polar surface area (TPSA) is 67.6 Å². The number of aromatic carboxylic acids is 1. The summed E-state index contributed by atoms with van der Waals surface area (Å²) in [6, 6.07) is 19.2. The molecule has 5 heteroatoms. The molecule has 1 atom stereocenters. The van der Waals surface area contributed by atoms with E-state index in [0.29, 0.717) is 5.56 Å². The van der Waals surface area contributed by atoms with Crippen molar-refractivity contribution < 1.29 is 9.90 Å². The number of piperazine rings is 1. The normalized spacial score (nSPS) is 16.9. The maximum atomic E-state index is 11.1. The number of nitriles is 1. The fourth-order valence-electron chi connectivity index (χ4n) is 3.24. The molecule has 1 unspecified atom stereocenters. The van der Waals surface area contributed by atoms with E-state index in [1.165, 1.54) is 0 Å². The molecule has 1 aliphatic rings. The Morgan fingerprint density at radius 2 is 1.80 bits per heavy atom. The summed E-state index contributed by atoms with van der Waals surface area (Å²) in [5, 5.41) is 18.6. The monoisotopic (exact) mass is 335 g/mol. The Bertz CT molecular complexity index is 762. The Morgan fingerprint density at radius 3 is 2.44 bits per heavy atom. The van der Waals surface area contributed by atoms with Crippen molar-refractivity contribution in [3.8, 4) is 6.07 Å². The Kier molecular flexibility index (Phi) is 5.44. The van der Waals surface area contributed by atoms with Gasteiger partial charge in [-0.25, -0.2) is 4.79 Å². The summed E-state index contributed by atoms with van der Waals surface area (Å²) in [7, 11) is 0. The molecule has 1 N–H and O–H groups in total. The molecule has 0 radical (unpaired) electrons. The summed E-state index contributed by atoms with van der Waals surface area (Å²) in [4.78, 5) is 15.6. The van der Waals surface area contributed by atoms with Crippen LogP contribution in [0.1, 0.15) is 27.5 Å². The summed E-state index contributed by atoms with van der Waals surface area (Å²) in [5.41, 5.74) is 2.37. The molecule has 2 aromatic rings. The molecule has 0 aromatic heterocycles. The van der Waals surface area contributed by atoms with Gasteiger partial charge in [-0.1, -0.05) is 42.5 Å². The van der Waals surface area contributed by atoms with E-state index in [-0.39, 0.29) is 6.04 Å². The molecule has 5 nitrogen and oxygen atoms in total. The van der Waals surface area contributed by atoms with E-state index in [9.17, 15) is 10.1 Å². The molecule has 1 fully saturated rings. The minimum Gasteiger partial charge on any atom is -0.478 e. The lowest BCUT2D eigenvalue weighted by Gasteiger charge is -2.37. The van der Waals surface area contributed by atoms with Gasteiger partial charge in [0.25, 0.3) is 0 Å². The SMILES string of the molecule is N#CC(c1ccccc1)N1CCN(Cc2cccc(C(=O)O)c2)CC1. The van der Waals surface area contributed by atoms with Crippen molar-refractivity contribution in [1.82, 2.24) is 9.80 Å². The molecular formula is C20H21N3O2. The zero-order chi connectivity index (χ0) is 17.6. The maximum absolute atomic E-state index is 11.1. The van der Waals surface area contributed by atoms with Gasteiger partial charge in [0, 0.05) is 32.7 Å². The van der Waals surface area contributed by atoms with Crippen LogP contribution in [0, 0.1) is 11.3 Å². The third kappa shape index (κ3) is 4.24. The van der Waals surface area contributed by atoms with Gasteiger partial charge in [-0.15, -0.1) is 0 Å². The summed E-state index contributed by atoms with van der Waals surface area (Å²) in [6.45, 7) is 4.11. The maximum Gasteiger partial charge on any atom is 0.335 e. The summed E-state index contributed by atoms with van der Waals surface area (Å²) in [5.74, 6) is -0.897. The van der Waals surface area contributed by atoms with Crippen molar-refractivity contribution in [2.45, 2.75) is 12.6 Å². The number of carbonyl (C=O) groups is 1. The van der Waals surface area contributed by atoms with Crippen LogP contribution >= 0.6 is 0 Å². The quantitative estimate of drug-likeness (QED) is 0.910. The Hall–Kier alpha value is -2.68. The number of benzene rings is 2. The van der Waals surface area contributed by atoms with Crippen LogP contribution in [0.25, 0.3) is 0 Å². The molecule has 0 saturated carbocycles. The van der Waals surface area contributed by atoms with Gasteiger partial charge in [-0.05, 0) is 23.3 Å². The van der Waals surface area contributed by atoms with Crippen molar-refractivity contribution in [2.75, 3.05) is 26.2 Å². The third-order valence-electron chi connectivity index (χ3n) is 4.59. The van der Waals surface area contributed by atoms with Crippen molar-refractivity contribution in [1.29, 1.82) is 5.26 Å². The van der Waals surface area contributed by atoms with E-state index < -0.39 is 5.97 Å². The highest BCUT2D eigenvalue weighted by atomic mass is 16.4. The highest BCUT2D eigenvalue weighted by Crippen LogP contribution is 2.22. The van der Waals surface area contributed by atoms with Gasteiger partial charge in [0.05, 0.1) is 11.6 Å². The zero-order valence-corrected chi connectivity index (χ0v) is 14.0. The highest BCUT2D eigenvalue weighted by Gasteiger charge is 2.24. The highest BCUT2D eigenvalue weighted by molar-refractivity contribution is 5.87. The van der Waals surface area contributed by atoms with Crippen molar-refractivity contribution in [3.05, 3.63) is 71.3 Å². The number of carboxylic acid groups (broad SMARTS) is 1. The second-order valence-electron chi connectivity index (χ2n) is 6.26. The average Bonchev–Trinajstić information content (AvgIpc) is 2.65. The van der Waals surface area contributed by atoms with Gasteiger partial charge in [0.1, 0.15) is 6.04 Å². The van der Waals surface area contributed by atoms with Crippen LogP contribution in [0.2, 0.25) is 0 Å². The first-order valence-electron chi connectivity index (χ1n) is 8.40. The van der Waals surface area contributed by atoms with Crippen LogP contribution < -0.4 is 0 Å². The van der Waals surface area contributed by atoms with Crippen molar-refractivity contribution >= 4 is 5.97 Å². The molecule has 0 bridgehead atoms. The smallest absolute Gasteiger partial charge is 0.335 e. The summed E-state index contributed by atoms with van der Waals surface area (Å²) < 4.78 is 0. The predicted octanol–water partition coefficient (Wildman–Crippen LogP) is 2.77. The van der Waals surface area contributed by atoms with Crippen LogP contribution in [0.15, 0.2) is 54.6 Å². The van der Waals surface area contributed by atoms with Gasteiger partial charge in [-0.3, -0.25) is 9.80 Å². The molecular weight excluding hydrogens is 314 g/mol. The minimum absolute atomic E-state index is 0.210. The molecule has 128 valence electrons. The van der Waals surface area contributed by atoms with Crippen LogP contribution in [0.3, 0.4) is 0 Å². The Labute approximate surface area is 147 Å². The average molecular weight is 335 g/mol. The first kappa shape index (κ1) is 17.2. The van der Waals surface area contributed by atoms with E-state index in [1.807, 2.05) is 36.4 Å². The van der Waals surface area contributed by atoms with Gasteiger partial charge < -0.3 is 5.11 Å². The van der Waals surface area contributed by atoms with E-state index in [0.717, 1.165) is 43.9 Å². The zero-order valence-electron chi connectivity index (χ0n) is 14.0. The first-order valence-corrected chi connectivity index (χ1v) is 8.40. The molecule has 3 rings (SSSR count). The number of hydrogen-bond acceptors (Lipinski definition) is 4. The standard InChI is InChI=1S/C20H21N3O2/c21-14-19(17-6-2-1-3-7-17)23-11-9-22(10-12-23)15-16-5-4-8-18(13-16)20(24)25/h1-8,13,19H,9-12,15H2,(H,24,25).